The summed E-state index contributed by atoms with van der Waals surface area (Å²) in [5.41, 5.74) is 6.41. The summed E-state index contributed by atoms with van der Waals surface area (Å²) in [6, 6.07) is 3.80. The van der Waals surface area contributed by atoms with E-state index in [1.807, 2.05) is 12.1 Å². The normalized spacial score (nSPS) is 8.64. The molecule has 2 N–H and O–H groups in total. The largest absolute Gasteiger partial charge is 0.395 e. The van der Waals surface area contributed by atoms with Gasteiger partial charge in [0.2, 0.25) is 0 Å². The van der Waals surface area contributed by atoms with Crippen LogP contribution in [0.4, 0.5) is 5.69 Å². The lowest BCUT2D eigenvalue weighted by Gasteiger charge is -1.90. The van der Waals surface area contributed by atoms with Gasteiger partial charge in [-0.2, -0.15) is 10.5 Å². The second kappa shape index (κ2) is 2.36. The summed E-state index contributed by atoms with van der Waals surface area (Å²) in [6.07, 6.45) is 1.54. The van der Waals surface area contributed by atoms with Crippen molar-refractivity contribution in [2.24, 2.45) is 7.05 Å². The van der Waals surface area contributed by atoms with Crippen molar-refractivity contribution in [3.63, 3.8) is 0 Å². The lowest BCUT2D eigenvalue weighted by molar-refractivity contribution is 0.908. The topological polar surface area (TPSA) is 78.5 Å². The van der Waals surface area contributed by atoms with Gasteiger partial charge in [-0.3, -0.25) is 0 Å². The molecule has 0 fully saturated rings. The minimum Gasteiger partial charge on any atom is -0.395 e. The van der Waals surface area contributed by atoms with Crippen LogP contribution in [0.25, 0.3) is 0 Å². The molecular formula is C7H6N4. The van der Waals surface area contributed by atoms with Crippen molar-refractivity contribution in [3.8, 4) is 12.1 Å². The fourth-order valence-corrected chi connectivity index (χ4v) is 0.873. The number of aryl methyl sites for hydroxylation is 1. The maximum absolute atomic E-state index is 8.55. The Balaban J connectivity index is 3.43. The van der Waals surface area contributed by atoms with Crippen molar-refractivity contribution >= 4 is 5.69 Å². The highest BCUT2D eigenvalue weighted by atomic mass is 15.0. The van der Waals surface area contributed by atoms with Crippen LogP contribution >= 0.6 is 0 Å². The molecule has 0 radical (unpaired) electrons. The van der Waals surface area contributed by atoms with Crippen LogP contribution in [-0.2, 0) is 7.05 Å². The van der Waals surface area contributed by atoms with E-state index in [1.54, 1.807) is 7.05 Å². The van der Waals surface area contributed by atoms with E-state index in [0.717, 1.165) is 0 Å². The number of rotatable bonds is 0. The molecule has 11 heavy (non-hydrogen) atoms. The van der Waals surface area contributed by atoms with Crippen molar-refractivity contribution in [2.45, 2.75) is 0 Å². The Morgan fingerprint density at radius 1 is 1.45 bits per heavy atom. The molecule has 0 aliphatic rings. The van der Waals surface area contributed by atoms with Gasteiger partial charge >= 0.3 is 0 Å². The highest BCUT2D eigenvalue weighted by molar-refractivity contribution is 5.62. The molecule has 0 saturated heterocycles. The van der Waals surface area contributed by atoms with E-state index in [4.69, 9.17) is 16.3 Å². The molecule has 1 heterocycles. The smallest absolute Gasteiger partial charge is 0.144 e. The molecule has 0 aliphatic heterocycles. The number of hydrogen-bond donors (Lipinski definition) is 1. The fraction of sp³-hybridized carbons (Fsp3) is 0.143. The molecule has 4 heteroatoms. The van der Waals surface area contributed by atoms with Crippen molar-refractivity contribution < 1.29 is 0 Å². The van der Waals surface area contributed by atoms with Crippen LogP contribution < -0.4 is 5.73 Å². The van der Waals surface area contributed by atoms with Gasteiger partial charge in [0.05, 0.1) is 11.3 Å². The van der Waals surface area contributed by atoms with Gasteiger partial charge in [-0.05, 0) is 0 Å². The van der Waals surface area contributed by atoms with E-state index in [1.165, 1.54) is 10.8 Å². The Morgan fingerprint density at radius 2 is 2.09 bits per heavy atom. The molecule has 0 atom stereocenters. The minimum absolute atomic E-state index is 0.262. The van der Waals surface area contributed by atoms with Crippen molar-refractivity contribution in [3.05, 3.63) is 17.5 Å². The molecular weight excluding hydrogens is 140 g/mol. The zero-order valence-electron chi connectivity index (χ0n) is 6.00. The summed E-state index contributed by atoms with van der Waals surface area (Å²) >= 11 is 0. The number of nitrogens with two attached hydrogens (primary N) is 1. The van der Waals surface area contributed by atoms with Crippen molar-refractivity contribution in [1.82, 2.24) is 4.57 Å². The maximum atomic E-state index is 8.55. The van der Waals surface area contributed by atoms with Crippen LogP contribution in [0, 0.1) is 22.7 Å². The Kier molecular flexibility index (Phi) is 1.54. The third-order valence-corrected chi connectivity index (χ3v) is 1.45. The lowest BCUT2D eigenvalue weighted by atomic mass is 10.3. The van der Waals surface area contributed by atoms with Crippen molar-refractivity contribution in [2.75, 3.05) is 5.73 Å². The Morgan fingerprint density at radius 3 is 2.36 bits per heavy atom. The second-order valence-corrected chi connectivity index (χ2v) is 2.14. The molecule has 0 bridgehead atoms. The summed E-state index contributed by atoms with van der Waals surface area (Å²) in [6.45, 7) is 0. The highest BCUT2D eigenvalue weighted by Crippen LogP contribution is 2.16. The zero-order valence-corrected chi connectivity index (χ0v) is 6.00. The molecule has 1 rings (SSSR count). The number of nitrogens with zero attached hydrogens (tertiary/aromatic N) is 3. The summed E-state index contributed by atoms with van der Waals surface area (Å²) < 4.78 is 1.54. The number of nitrogen functional groups attached to an aromatic ring is 1. The first-order chi connectivity index (χ1) is 5.20. The first-order valence-electron chi connectivity index (χ1n) is 2.95. The van der Waals surface area contributed by atoms with Gasteiger partial charge in [-0.1, -0.05) is 0 Å². The molecule has 0 amide bonds. The van der Waals surface area contributed by atoms with E-state index in [-0.39, 0.29) is 5.69 Å². The second-order valence-electron chi connectivity index (χ2n) is 2.14. The SMILES string of the molecule is Cn1cc(C#N)c(N)c1C#N. The summed E-state index contributed by atoms with van der Waals surface area (Å²) in [4.78, 5) is 0. The zero-order chi connectivity index (χ0) is 8.43. The van der Waals surface area contributed by atoms with Crippen LogP contribution in [0.15, 0.2) is 6.20 Å². The van der Waals surface area contributed by atoms with Gasteiger partial charge in [-0.25, -0.2) is 0 Å². The predicted octanol–water partition coefficient (Wildman–Crippen LogP) is 0.351. The molecule has 1 aromatic heterocycles. The van der Waals surface area contributed by atoms with Gasteiger partial charge in [0, 0.05) is 13.2 Å². The number of anilines is 1. The molecule has 54 valence electrons. The Hall–Kier alpha value is -1.94. The third kappa shape index (κ3) is 0.907. The molecule has 4 nitrogen and oxygen atoms in total. The van der Waals surface area contributed by atoms with Gasteiger partial charge in [-0.15, -0.1) is 0 Å². The quantitative estimate of drug-likeness (QED) is 0.573. The van der Waals surface area contributed by atoms with Gasteiger partial charge in [0.15, 0.2) is 0 Å². The van der Waals surface area contributed by atoms with E-state index in [2.05, 4.69) is 0 Å². The van der Waals surface area contributed by atoms with Crippen LogP contribution in [0.1, 0.15) is 11.3 Å². The Labute approximate surface area is 64.1 Å². The van der Waals surface area contributed by atoms with E-state index < -0.39 is 0 Å². The standard InChI is InChI=1S/C7H6N4/c1-11-4-5(2-8)7(10)6(11)3-9/h4H,10H2,1H3. The maximum Gasteiger partial charge on any atom is 0.144 e. The first-order valence-corrected chi connectivity index (χ1v) is 2.95. The average Bonchev–Trinajstić information content (AvgIpc) is 2.26. The molecule has 0 saturated carbocycles. The van der Waals surface area contributed by atoms with Crippen LogP contribution in [0.3, 0.4) is 0 Å². The Bertz CT molecular complexity index is 361. The van der Waals surface area contributed by atoms with Crippen LogP contribution in [0.2, 0.25) is 0 Å². The molecule has 0 aromatic carbocycles. The molecule has 0 aliphatic carbocycles. The van der Waals surface area contributed by atoms with E-state index >= 15 is 0 Å². The average molecular weight is 146 g/mol. The monoisotopic (exact) mass is 146 g/mol. The number of aromatic nitrogens is 1. The van der Waals surface area contributed by atoms with Gasteiger partial charge in [0.25, 0.3) is 0 Å². The lowest BCUT2D eigenvalue weighted by Crippen LogP contribution is -1.93. The third-order valence-electron chi connectivity index (χ3n) is 1.45. The van der Waals surface area contributed by atoms with Gasteiger partial charge < -0.3 is 10.3 Å². The van der Waals surface area contributed by atoms with Crippen LogP contribution in [0.5, 0.6) is 0 Å². The number of hydrogen-bond acceptors (Lipinski definition) is 3. The highest BCUT2D eigenvalue weighted by Gasteiger charge is 2.08. The van der Waals surface area contributed by atoms with Crippen LogP contribution in [-0.4, -0.2) is 4.57 Å². The van der Waals surface area contributed by atoms with Crippen molar-refractivity contribution in [1.29, 1.82) is 10.5 Å². The fourth-order valence-electron chi connectivity index (χ4n) is 0.873. The summed E-state index contributed by atoms with van der Waals surface area (Å²) in [5.74, 6) is 0. The minimum atomic E-state index is 0.262. The van der Waals surface area contributed by atoms with E-state index in [9.17, 15) is 0 Å². The summed E-state index contributed by atoms with van der Waals surface area (Å²) in [7, 11) is 1.68. The molecule has 0 spiro atoms. The van der Waals surface area contributed by atoms with E-state index in [0.29, 0.717) is 11.3 Å². The number of nitriles is 2. The summed E-state index contributed by atoms with van der Waals surface area (Å²) in [5, 5.41) is 17.0. The first kappa shape index (κ1) is 7.17. The van der Waals surface area contributed by atoms with Gasteiger partial charge in [0.1, 0.15) is 17.8 Å². The molecule has 1 aromatic rings. The molecule has 0 unspecified atom stereocenters. The predicted molar refractivity (Wildman–Crippen MR) is 39.3 cm³/mol.